The molecule has 0 aliphatic heterocycles. The largest absolute Gasteiger partial charge is 0.305 e. The molecule has 2 aromatic carbocycles. The van der Waals surface area contributed by atoms with Crippen molar-refractivity contribution in [3.8, 4) is 0 Å². The molecule has 0 aliphatic carbocycles. The van der Waals surface area contributed by atoms with Gasteiger partial charge in [-0.05, 0) is 23.3 Å². The molecule has 0 aromatic heterocycles. The molecule has 0 spiro atoms. The lowest BCUT2D eigenvalue weighted by molar-refractivity contribution is 0.548. The van der Waals surface area contributed by atoms with Gasteiger partial charge >= 0.3 is 0 Å². The summed E-state index contributed by atoms with van der Waals surface area (Å²) in [5.74, 6) is -0.507. The van der Waals surface area contributed by atoms with Crippen LogP contribution in [0.4, 0.5) is 4.39 Å². The Labute approximate surface area is 135 Å². The van der Waals surface area contributed by atoms with E-state index in [-0.39, 0.29) is 16.8 Å². The van der Waals surface area contributed by atoms with Crippen LogP contribution in [0, 0.1) is 5.82 Å². The van der Waals surface area contributed by atoms with Crippen molar-refractivity contribution < 1.29 is 12.8 Å². The van der Waals surface area contributed by atoms with Crippen LogP contribution in [0.5, 0.6) is 0 Å². The fourth-order valence-electron chi connectivity index (χ4n) is 2.15. The normalized spacial score (nSPS) is 13.0. The summed E-state index contributed by atoms with van der Waals surface area (Å²) in [6.07, 6.45) is 1.20. The van der Waals surface area contributed by atoms with Crippen molar-refractivity contribution in [3.63, 3.8) is 0 Å². The number of hydrogen-bond acceptors (Lipinski definition) is 3. The molecule has 22 heavy (non-hydrogen) atoms. The van der Waals surface area contributed by atoms with E-state index in [1.165, 1.54) is 18.4 Å². The average molecular weight is 342 g/mol. The first-order chi connectivity index (χ1) is 10.3. The molecule has 0 radical (unpaired) electrons. The smallest absolute Gasteiger partial charge is 0.149 e. The zero-order chi connectivity index (χ0) is 16.2. The molecule has 0 heterocycles. The Morgan fingerprint density at radius 2 is 1.86 bits per heavy atom. The topological polar surface area (TPSA) is 46.2 Å². The second-order valence-electron chi connectivity index (χ2n) is 5.19. The number of nitrogens with one attached hydrogen (secondary N) is 1. The summed E-state index contributed by atoms with van der Waals surface area (Å²) in [5.41, 5.74) is 1.58. The van der Waals surface area contributed by atoms with Crippen LogP contribution in [0.2, 0.25) is 5.02 Å². The molecule has 1 atom stereocenters. The lowest BCUT2D eigenvalue weighted by atomic mass is 10.1. The molecule has 0 saturated carbocycles. The van der Waals surface area contributed by atoms with E-state index in [0.29, 0.717) is 12.1 Å². The van der Waals surface area contributed by atoms with E-state index in [4.69, 9.17) is 11.6 Å². The minimum atomic E-state index is -3.15. The lowest BCUT2D eigenvalue weighted by Gasteiger charge is -2.18. The molecule has 6 heteroatoms. The van der Waals surface area contributed by atoms with Gasteiger partial charge in [0.2, 0.25) is 0 Å². The lowest BCUT2D eigenvalue weighted by Crippen LogP contribution is -2.27. The average Bonchev–Trinajstić information content (AvgIpc) is 2.47. The predicted octanol–water partition coefficient (Wildman–Crippen LogP) is 3.35. The predicted molar refractivity (Wildman–Crippen MR) is 87.1 cm³/mol. The van der Waals surface area contributed by atoms with Crippen molar-refractivity contribution in [2.45, 2.75) is 12.6 Å². The van der Waals surface area contributed by atoms with Gasteiger partial charge in [0.15, 0.2) is 0 Å². The van der Waals surface area contributed by atoms with Gasteiger partial charge in [0.25, 0.3) is 0 Å². The summed E-state index contributed by atoms with van der Waals surface area (Å²) in [5, 5.41) is 3.24. The molecule has 0 unspecified atom stereocenters. The van der Waals surface area contributed by atoms with E-state index in [1.807, 2.05) is 30.3 Å². The summed E-state index contributed by atoms with van der Waals surface area (Å²) >= 11 is 5.65. The number of sulfone groups is 1. The summed E-state index contributed by atoms with van der Waals surface area (Å²) < 4.78 is 36.7. The zero-order valence-electron chi connectivity index (χ0n) is 12.1. The molecule has 0 aliphatic rings. The zero-order valence-corrected chi connectivity index (χ0v) is 13.7. The van der Waals surface area contributed by atoms with Crippen molar-refractivity contribution in [2.75, 3.05) is 12.0 Å². The van der Waals surface area contributed by atoms with Gasteiger partial charge in [-0.25, -0.2) is 12.8 Å². The first-order valence-corrected chi connectivity index (χ1v) is 9.19. The van der Waals surface area contributed by atoms with E-state index < -0.39 is 15.7 Å². The highest BCUT2D eigenvalue weighted by molar-refractivity contribution is 7.90. The summed E-state index contributed by atoms with van der Waals surface area (Å²) in [4.78, 5) is 0. The second-order valence-corrected chi connectivity index (χ2v) is 7.78. The fourth-order valence-corrected chi connectivity index (χ4v) is 3.19. The van der Waals surface area contributed by atoms with Crippen LogP contribution < -0.4 is 5.32 Å². The minimum Gasteiger partial charge on any atom is -0.305 e. The quantitative estimate of drug-likeness (QED) is 0.876. The fraction of sp³-hybridized carbons (Fsp3) is 0.250. The third kappa shape index (κ3) is 5.09. The highest BCUT2D eigenvalue weighted by atomic mass is 35.5. The van der Waals surface area contributed by atoms with Crippen molar-refractivity contribution in [2.24, 2.45) is 0 Å². The molecule has 2 rings (SSSR count). The third-order valence-corrected chi connectivity index (χ3v) is 4.45. The molecule has 3 nitrogen and oxygen atoms in total. The van der Waals surface area contributed by atoms with Crippen molar-refractivity contribution in [1.29, 1.82) is 0 Å². The van der Waals surface area contributed by atoms with Crippen LogP contribution in [0.25, 0.3) is 0 Å². The summed E-state index contributed by atoms with van der Waals surface area (Å²) in [6.45, 7) is 0.350. The molecule has 0 bridgehead atoms. The Morgan fingerprint density at radius 1 is 1.18 bits per heavy atom. The Morgan fingerprint density at radius 3 is 2.45 bits per heavy atom. The summed E-state index contributed by atoms with van der Waals surface area (Å²) in [6, 6.07) is 13.5. The van der Waals surface area contributed by atoms with E-state index in [0.717, 1.165) is 5.56 Å². The van der Waals surface area contributed by atoms with Crippen molar-refractivity contribution in [3.05, 3.63) is 70.5 Å². The van der Waals surface area contributed by atoms with Crippen LogP contribution >= 0.6 is 11.6 Å². The van der Waals surface area contributed by atoms with Crippen molar-refractivity contribution in [1.82, 2.24) is 5.32 Å². The standard InChI is InChI=1S/C16H17ClFNO2S/c1-22(20,21)11-16(13-5-3-2-4-6-13)19-10-12-7-8-14(17)15(18)9-12/h2-9,16,19H,10-11H2,1H3/t16-/m0/s1. The van der Waals surface area contributed by atoms with Crippen LogP contribution in [0.3, 0.4) is 0 Å². The van der Waals surface area contributed by atoms with Gasteiger partial charge in [0.05, 0.1) is 10.8 Å². The Kier molecular flexibility index (Phi) is 5.56. The van der Waals surface area contributed by atoms with E-state index in [2.05, 4.69) is 5.32 Å². The van der Waals surface area contributed by atoms with Crippen LogP contribution in [-0.2, 0) is 16.4 Å². The maximum absolute atomic E-state index is 13.4. The van der Waals surface area contributed by atoms with E-state index >= 15 is 0 Å². The van der Waals surface area contributed by atoms with E-state index in [9.17, 15) is 12.8 Å². The third-order valence-electron chi connectivity index (χ3n) is 3.21. The Hall–Kier alpha value is -1.43. The molecule has 0 amide bonds. The number of hydrogen-bond donors (Lipinski definition) is 1. The van der Waals surface area contributed by atoms with Gasteiger partial charge in [-0.2, -0.15) is 0 Å². The van der Waals surface area contributed by atoms with Crippen LogP contribution in [0.1, 0.15) is 17.2 Å². The van der Waals surface area contributed by atoms with Gasteiger partial charge < -0.3 is 5.32 Å². The summed E-state index contributed by atoms with van der Waals surface area (Å²) in [7, 11) is -3.15. The maximum atomic E-state index is 13.4. The molecular weight excluding hydrogens is 325 g/mol. The molecule has 2 aromatic rings. The van der Waals surface area contributed by atoms with Gasteiger partial charge in [-0.1, -0.05) is 48.0 Å². The molecule has 118 valence electrons. The Bertz CT molecular complexity index is 735. The minimum absolute atomic E-state index is 0.0207. The maximum Gasteiger partial charge on any atom is 0.149 e. The molecular formula is C16H17ClFNO2S. The molecule has 1 N–H and O–H groups in total. The van der Waals surface area contributed by atoms with Crippen molar-refractivity contribution >= 4 is 21.4 Å². The monoisotopic (exact) mass is 341 g/mol. The highest BCUT2D eigenvalue weighted by Crippen LogP contribution is 2.18. The number of halogens is 2. The SMILES string of the molecule is CS(=O)(=O)C[C@H](NCc1ccc(Cl)c(F)c1)c1ccccc1. The number of rotatable bonds is 6. The highest BCUT2D eigenvalue weighted by Gasteiger charge is 2.17. The first-order valence-electron chi connectivity index (χ1n) is 6.75. The van der Waals surface area contributed by atoms with Gasteiger partial charge in [0.1, 0.15) is 15.7 Å². The Balaban J connectivity index is 2.14. The molecule has 0 fully saturated rings. The number of benzene rings is 2. The van der Waals surface area contributed by atoms with Gasteiger partial charge in [0, 0.05) is 18.8 Å². The first kappa shape index (κ1) is 16.9. The van der Waals surface area contributed by atoms with Gasteiger partial charge in [-0.15, -0.1) is 0 Å². The second kappa shape index (κ2) is 7.22. The van der Waals surface area contributed by atoms with Crippen LogP contribution in [0.15, 0.2) is 48.5 Å². The molecule has 0 saturated heterocycles. The van der Waals surface area contributed by atoms with E-state index in [1.54, 1.807) is 6.07 Å². The van der Waals surface area contributed by atoms with Crippen LogP contribution in [-0.4, -0.2) is 20.4 Å². The van der Waals surface area contributed by atoms with Gasteiger partial charge in [-0.3, -0.25) is 0 Å².